The van der Waals surface area contributed by atoms with Crippen molar-refractivity contribution in [3.05, 3.63) is 30.2 Å². The van der Waals surface area contributed by atoms with E-state index in [1.807, 2.05) is 38.1 Å². The lowest BCUT2D eigenvalue weighted by molar-refractivity contribution is 0.340. The molecule has 0 amide bonds. The zero-order valence-electron chi connectivity index (χ0n) is 11.3. The largest absolute Gasteiger partial charge is 0.494 e. The molecule has 19 heavy (non-hydrogen) atoms. The van der Waals surface area contributed by atoms with Crippen molar-refractivity contribution in [2.75, 3.05) is 6.61 Å². The van der Waals surface area contributed by atoms with Crippen LogP contribution in [0.4, 0.5) is 0 Å². The molecular weight excluding hydrogens is 242 g/mol. The summed E-state index contributed by atoms with van der Waals surface area (Å²) >= 11 is 0. The van der Waals surface area contributed by atoms with Gasteiger partial charge >= 0.3 is 0 Å². The van der Waals surface area contributed by atoms with Crippen molar-refractivity contribution in [3.8, 4) is 17.1 Å². The van der Waals surface area contributed by atoms with Gasteiger partial charge in [-0.15, -0.1) is 0 Å². The maximum Gasteiger partial charge on any atom is 0.228 e. The molecule has 2 N–H and O–H groups in total. The van der Waals surface area contributed by atoms with Crippen LogP contribution in [0.1, 0.15) is 26.2 Å². The van der Waals surface area contributed by atoms with Crippen molar-refractivity contribution in [3.63, 3.8) is 0 Å². The van der Waals surface area contributed by atoms with Gasteiger partial charge in [0.2, 0.25) is 11.7 Å². The van der Waals surface area contributed by atoms with Crippen molar-refractivity contribution in [2.45, 2.75) is 32.7 Å². The summed E-state index contributed by atoms with van der Waals surface area (Å²) in [5.41, 5.74) is 6.75. The molecule has 2 aromatic rings. The minimum Gasteiger partial charge on any atom is -0.494 e. The highest BCUT2D eigenvalue weighted by molar-refractivity contribution is 5.56. The number of rotatable bonds is 6. The van der Waals surface area contributed by atoms with Crippen molar-refractivity contribution >= 4 is 0 Å². The van der Waals surface area contributed by atoms with Crippen molar-refractivity contribution in [1.29, 1.82) is 0 Å². The Kier molecular flexibility index (Phi) is 4.52. The van der Waals surface area contributed by atoms with Gasteiger partial charge < -0.3 is 15.0 Å². The zero-order chi connectivity index (χ0) is 13.7. The molecule has 0 aliphatic rings. The Balaban J connectivity index is 2.15. The van der Waals surface area contributed by atoms with Crippen LogP contribution in [0.25, 0.3) is 11.4 Å². The van der Waals surface area contributed by atoms with Gasteiger partial charge in [0.15, 0.2) is 0 Å². The molecule has 1 aromatic heterocycles. The summed E-state index contributed by atoms with van der Waals surface area (Å²) < 4.78 is 10.7. The first-order chi connectivity index (χ1) is 9.22. The Morgan fingerprint density at radius 1 is 1.37 bits per heavy atom. The van der Waals surface area contributed by atoms with Crippen LogP contribution in [0.15, 0.2) is 28.8 Å². The number of ether oxygens (including phenoxy) is 1. The van der Waals surface area contributed by atoms with E-state index in [2.05, 4.69) is 10.1 Å². The topological polar surface area (TPSA) is 74.2 Å². The Labute approximate surface area is 112 Å². The summed E-state index contributed by atoms with van der Waals surface area (Å²) in [4.78, 5) is 4.36. The molecule has 1 aromatic carbocycles. The minimum atomic E-state index is 0.0584. The second-order valence-corrected chi connectivity index (χ2v) is 4.35. The van der Waals surface area contributed by atoms with Crippen molar-refractivity contribution < 1.29 is 9.26 Å². The standard InChI is InChI=1S/C14H19N3O2/c1-3-11(15)9-13-16-14(17-19-13)10-6-5-7-12(8-10)18-4-2/h5-8,11H,3-4,9,15H2,1-2H3. The van der Waals surface area contributed by atoms with E-state index in [1.165, 1.54) is 0 Å². The first kappa shape index (κ1) is 13.5. The van der Waals surface area contributed by atoms with E-state index >= 15 is 0 Å². The second-order valence-electron chi connectivity index (χ2n) is 4.35. The maximum atomic E-state index is 5.87. The van der Waals surface area contributed by atoms with Crippen LogP contribution in [-0.4, -0.2) is 22.8 Å². The second kappa shape index (κ2) is 6.33. The molecule has 0 aliphatic carbocycles. The molecule has 0 fully saturated rings. The molecule has 0 aliphatic heterocycles. The summed E-state index contributed by atoms with van der Waals surface area (Å²) in [6.45, 7) is 4.62. The van der Waals surface area contributed by atoms with Gasteiger partial charge in [-0.3, -0.25) is 0 Å². The first-order valence-corrected chi connectivity index (χ1v) is 6.54. The summed E-state index contributed by atoms with van der Waals surface area (Å²) in [5.74, 6) is 1.95. The van der Waals surface area contributed by atoms with E-state index in [-0.39, 0.29) is 6.04 Å². The van der Waals surface area contributed by atoms with E-state index in [0.717, 1.165) is 17.7 Å². The SMILES string of the molecule is CCOc1cccc(-c2noc(CC(N)CC)n2)c1. The number of hydrogen-bond acceptors (Lipinski definition) is 5. The van der Waals surface area contributed by atoms with E-state index in [9.17, 15) is 0 Å². The van der Waals surface area contributed by atoms with Gasteiger partial charge in [0.25, 0.3) is 0 Å². The molecule has 5 heteroatoms. The Morgan fingerprint density at radius 3 is 2.95 bits per heavy atom. The van der Waals surface area contributed by atoms with Gasteiger partial charge in [-0.25, -0.2) is 0 Å². The Bertz CT molecular complexity index is 525. The Morgan fingerprint density at radius 2 is 2.21 bits per heavy atom. The highest BCUT2D eigenvalue weighted by atomic mass is 16.5. The zero-order valence-corrected chi connectivity index (χ0v) is 11.3. The average Bonchev–Trinajstić information content (AvgIpc) is 2.88. The lowest BCUT2D eigenvalue weighted by atomic mass is 10.2. The van der Waals surface area contributed by atoms with Gasteiger partial charge in [-0.2, -0.15) is 4.98 Å². The molecule has 1 heterocycles. The molecule has 1 atom stereocenters. The van der Waals surface area contributed by atoms with E-state index in [0.29, 0.717) is 24.7 Å². The van der Waals surface area contributed by atoms with Gasteiger partial charge in [0.1, 0.15) is 5.75 Å². The minimum absolute atomic E-state index is 0.0584. The van der Waals surface area contributed by atoms with Crippen LogP contribution in [-0.2, 0) is 6.42 Å². The third kappa shape index (κ3) is 3.54. The summed E-state index contributed by atoms with van der Waals surface area (Å²) in [7, 11) is 0. The van der Waals surface area contributed by atoms with Crippen LogP contribution in [0.3, 0.4) is 0 Å². The molecule has 0 saturated carbocycles. The highest BCUT2D eigenvalue weighted by Gasteiger charge is 2.11. The van der Waals surface area contributed by atoms with Gasteiger partial charge in [-0.05, 0) is 25.5 Å². The predicted molar refractivity (Wildman–Crippen MR) is 72.9 cm³/mol. The number of nitrogens with zero attached hydrogens (tertiary/aromatic N) is 2. The lowest BCUT2D eigenvalue weighted by Crippen LogP contribution is -2.21. The fraction of sp³-hybridized carbons (Fsp3) is 0.429. The van der Waals surface area contributed by atoms with Crippen LogP contribution in [0.5, 0.6) is 5.75 Å². The van der Waals surface area contributed by atoms with Gasteiger partial charge in [0.05, 0.1) is 6.61 Å². The summed E-state index contributed by atoms with van der Waals surface area (Å²) in [6.07, 6.45) is 1.49. The van der Waals surface area contributed by atoms with Crippen molar-refractivity contribution in [1.82, 2.24) is 10.1 Å². The monoisotopic (exact) mass is 261 g/mol. The van der Waals surface area contributed by atoms with E-state index in [4.69, 9.17) is 15.0 Å². The molecule has 0 spiro atoms. The third-order valence-corrected chi connectivity index (χ3v) is 2.83. The van der Waals surface area contributed by atoms with Crippen LogP contribution in [0.2, 0.25) is 0 Å². The number of nitrogens with two attached hydrogens (primary N) is 1. The molecule has 102 valence electrons. The van der Waals surface area contributed by atoms with E-state index < -0.39 is 0 Å². The molecule has 1 unspecified atom stereocenters. The van der Waals surface area contributed by atoms with Crippen LogP contribution in [0, 0.1) is 0 Å². The fourth-order valence-electron chi connectivity index (χ4n) is 1.72. The number of aromatic nitrogens is 2. The van der Waals surface area contributed by atoms with Crippen molar-refractivity contribution in [2.24, 2.45) is 5.73 Å². The maximum absolute atomic E-state index is 5.87. The van der Waals surface area contributed by atoms with Gasteiger partial charge in [0, 0.05) is 18.0 Å². The predicted octanol–water partition coefficient (Wildman–Crippen LogP) is 2.42. The number of benzene rings is 1. The Hall–Kier alpha value is -1.88. The smallest absolute Gasteiger partial charge is 0.228 e. The van der Waals surface area contributed by atoms with Crippen LogP contribution >= 0.6 is 0 Å². The summed E-state index contributed by atoms with van der Waals surface area (Å²) in [5, 5.41) is 3.98. The lowest BCUT2D eigenvalue weighted by Gasteiger charge is -2.03. The van der Waals surface area contributed by atoms with E-state index in [1.54, 1.807) is 0 Å². The molecule has 5 nitrogen and oxygen atoms in total. The number of hydrogen-bond donors (Lipinski definition) is 1. The highest BCUT2D eigenvalue weighted by Crippen LogP contribution is 2.21. The molecule has 0 saturated heterocycles. The molecular formula is C14H19N3O2. The van der Waals surface area contributed by atoms with Gasteiger partial charge in [-0.1, -0.05) is 24.2 Å². The average molecular weight is 261 g/mol. The first-order valence-electron chi connectivity index (χ1n) is 6.54. The molecule has 0 bridgehead atoms. The molecule has 0 radical (unpaired) electrons. The normalized spacial score (nSPS) is 12.4. The summed E-state index contributed by atoms with van der Waals surface area (Å²) in [6, 6.07) is 7.70. The fourth-order valence-corrected chi connectivity index (χ4v) is 1.72. The third-order valence-electron chi connectivity index (χ3n) is 2.83. The van der Waals surface area contributed by atoms with Crippen LogP contribution < -0.4 is 10.5 Å². The molecule has 2 rings (SSSR count). The quantitative estimate of drug-likeness (QED) is 0.864.